The molecule has 4 unspecified atom stereocenters. The Labute approximate surface area is 212 Å². The number of phenolic OH excluding ortho intramolecular Hbond substituents is 1. The fraction of sp³-hybridized carbons (Fsp3) is 0.478. The molecule has 1 fully saturated rings. The van der Waals surface area contributed by atoms with E-state index in [0.717, 1.165) is 0 Å². The summed E-state index contributed by atoms with van der Waals surface area (Å²) in [6, 6.07) is 1.07. The van der Waals surface area contributed by atoms with Gasteiger partial charge in [0.25, 0.3) is 0 Å². The molecule has 37 heavy (non-hydrogen) atoms. The van der Waals surface area contributed by atoms with Crippen LogP contribution in [0.15, 0.2) is 24.3 Å². The molecule has 202 valence electrons. The fourth-order valence-electron chi connectivity index (χ4n) is 3.95. The fourth-order valence-corrected chi connectivity index (χ4v) is 3.95. The highest BCUT2D eigenvalue weighted by Crippen LogP contribution is 2.21. The molecule has 1 aliphatic rings. The Kier molecular flexibility index (Phi) is 10.4. The van der Waals surface area contributed by atoms with Crippen LogP contribution >= 0.6 is 0 Å². The van der Waals surface area contributed by atoms with E-state index >= 15 is 0 Å². The van der Waals surface area contributed by atoms with E-state index in [2.05, 4.69) is 10.6 Å². The Morgan fingerprint density at radius 1 is 1.00 bits per heavy atom. The predicted octanol–water partition coefficient (Wildman–Crippen LogP) is -2.55. The first-order chi connectivity index (χ1) is 17.4. The molecule has 14 nitrogen and oxygen atoms in total. The number of hydrogen-bond acceptors (Lipinski definition) is 8. The van der Waals surface area contributed by atoms with Crippen molar-refractivity contribution in [2.45, 2.75) is 62.7 Å². The Hall–Kier alpha value is -4.20. The maximum atomic E-state index is 13.5. The highest BCUT2D eigenvalue weighted by Gasteiger charge is 2.39. The van der Waals surface area contributed by atoms with Gasteiger partial charge in [-0.25, -0.2) is 4.79 Å². The first-order valence-electron chi connectivity index (χ1n) is 11.6. The number of nitrogens with two attached hydrogens (primary N) is 3. The number of nitrogens with one attached hydrogen (secondary N) is 2. The van der Waals surface area contributed by atoms with Gasteiger partial charge < -0.3 is 42.9 Å². The maximum Gasteiger partial charge on any atom is 0.326 e. The summed E-state index contributed by atoms with van der Waals surface area (Å²) in [5, 5.41) is 23.6. The number of phenols is 1. The van der Waals surface area contributed by atoms with Crippen LogP contribution in [-0.2, 0) is 35.2 Å². The highest BCUT2D eigenvalue weighted by molar-refractivity contribution is 5.95. The van der Waals surface area contributed by atoms with Gasteiger partial charge in [0.2, 0.25) is 29.5 Å². The van der Waals surface area contributed by atoms with E-state index in [0.29, 0.717) is 12.0 Å². The molecule has 2 rings (SSSR count). The Morgan fingerprint density at radius 2 is 1.65 bits per heavy atom. The molecule has 1 aliphatic heterocycles. The summed E-state index contributed by atoms with van der Waals surface area (Å²) < 4.78 is 0. The molecular formula is C23H32N6O8. The van der Waals surface area contributed by atoms with Crippen molar-refractivity contribution in [1.82, 2.24) is 15.5 Å². The van der Waals surface area contributed by atoms with Crippen LogP contribution in [0.4, 0.5) is 0 Å². The molecule has 0 radical (unpaired) electrons. The average Bonchev–Trinajstić information content (AvgIpc) is 3.32. The number of nitrogens with zero attached hydrogens (tertiary/aromatic N) is 1. The van der Waals surface area contributed by atoms with Gasteiger partial charge in [-0.3, -0.25) is 24.0 Å². The Bertz CT molecular complexity index is 1030. The molecule has 0 spiro atoms. The van der Waals surface area contributed by atoms with Crippen LogP contribution in [0, 0.1) is 0 Å². The van der Waals surface area contributed by atoms with Gasteiger partial charge in [-0.2, -0.15) is 0 Å². The third kappa shape index (κ3) is 8.75. The van der Waals surface area contributed by atoms with E-state index < -0.39 is 66.1 Å². The first-order valence-corrected chi connectivity index (χ1v) is 11.6. The number of carbonyl (C=O) groups is 6. The number of aromatic hydroxyl groups is 1. The second kappa shape index (κ2) is 13.2. The molecule has 1 heterocycles. The van der Waals surface area contributed by atoms with Crippen molar-refractivity contribution in [3.05, 3.63) is 29.8 Å². The molecule has 1 aromatic carbocycles. The third-order valence-electron chi connectivity index (χ3n) is 5.89. The zero-order valence-corrected chi connectivity index (χ0v) is 20.1. The van der Waals surface area contributed by atoms with E-state index in [-0.39, 0.29) is 38.0 Å². The summed E-state index contributed by atoms with van der Waals surface area (Å²) in [6.45, 7) is 0.167. The van der Waals surface area contributed by atoms with Crippen molar-refractivity contribution in [2.75, 3.05) is 6.54 Å². The molecule has 14 heteroatoms. The standard InChI is InChI=1S/C23H32N6O8/c24-14(7-8-18(25)31)20(33)27-15(10-12-3-5-13(30)6-4-12)22(35)29-9-1-2-17(29)21(34)28-16(23(36)37)11-19(26)32/h3-6,14-17,30H,1-2,7-11,24H2,(H2,25,31)(H2,26,32)(H,27,33)(H,28,34)(H,36,37). The minimum Gasteiger partial charge on any atom is -0.508 e. The number of likely N-dealkylation sites (tertiary alicyclic amines) is 1. The number of carbonyl (C=O) groups excluding carboxylic acids is 5. The molecule has 10 N–H and O–H groups in total. The number of benzene rings is 1. The molecule has 0 saturated carbocycles. The minimum atomic E-state index is -1.56. The van der Waals surface area contributed by atoms with Crippen LogP contribution in [0.1, 0.15) is 37.7 Å². The van der Waals surface area contributed by atoms with Crippen molar-refractivity contribution in [1.29, 1.82) is 0 Å². The summed E-state index contributed by atoms with van der Waals surface area (Å²) >= 11 is 0. The number of carboxylic acid groups (broad SMARTS) is 1. The largest absolute Gasteiger partial charge is 0.508 e. The van der Waals surface area contributed by atoms with Crippen LogP contribution in [0.25, 0.3) is 0 Å². The van der Waals surface area contributed by atoms with Gasteiger partial charge in [-0.15, -0.1) is 0 Å². The van der Waals surface area contributed by atoms with Gasteiger partial charge in [-0.1, -0.05) is 12.1 Å². The Morgan fingerprint density at radius 3 is 2.22 bits per heavy atom. The van der Waals surface area contributed by atoms with Crippen LogP contribution in [0.3, 0.4) is 0 Å². The normalized spacial score (nSPS) is 17.3. The zero-order valence-electron chi connectivity index (χ0n) is 20.1. The van der Waals surface area contributed by atoms with Gasteiger partial charge >= 0.3 is 5.97 Å². The van der Waals surface area contributed by atoms with Crippen molar-refractivity contribution >= 4 is 35.5 Å². The summed E-state index contributed by atoms with van der Waals surface area (Å²) in [7, 11) is 0. The summed E-state index contributed by atoms with van der Waals surface area (Å²) in [6.07, 6.45) is -0.113. The average molecular weight is 521 g/mol. The summed E-state index contributed by atoms with van der Waals surface area (Å²) in [4.78, 5) is 73.9. The number of hydrogen-bond donors (Lipinski definition) is 7. The number of aliphatic carboxylic acids is 1. The molecule has 1 aromatic rings. The number of amides is 5. The summed E-state index contributed by atoms with van der Waals surface area (Å²) in [5.74, 6) is -5.09. The highest BCUT2D eigenvalue weighted by atomic mass is 16.4. The predicted molar refractivity (Wildman–Crippen MR) is 128 cm³/mol. The van der Waals surface area contributed by atoms with E-state index in [1.807, 2.05) is 0 Å². The monoisotopic (exact) mass is 520 g/mol. The van der Waals surface area contributed by atoms with Gasteiger partial charge in [0.05, 0.1) is 12.5 Å². The maximum absolute atomic E-state index is 13.5. The van der Waals surface area contributed by atoms with E-state index in [9.17, 15) is 39.0 Å². The Balaban J connectivity index is 2.22. The molecule has 5 amide bonds. The van der Waals surface area contributed by atoms with Crippen molar-refractivity contribution < 1.29 is 39.0 Å². The topological polar surface area (TPSA) is 248 Å². The lowest BCUT2D eigenvalue weighted by Gasteiger charge is -2.30. The first kappa shape index (κ1) is 29.0. The third-order valence-corrected chi connectivity index (χ3v) is 5.89. The summed E-state index contributed by atoms with van der Waals surface area (Å²) in [5.41, 5.74) is 16.6. The van der Waals surface area contributed by atoms with Gasteiger partial charge in [0.1, 0.15) is 23.9 Å². The van der Waals surface area contributed by atoms with Crippen molar-refractivity contribution in [3.63, 3.8) is 0 Å². The lowest BCUT2D eigenvalue weighted by molar-refractivity contribution is -0.145. The lowest BCUT2D eigenvalue weighted by atomic mass is 10.0. The second-order valence-corrected chi connectivity index (χ2v) is 8.80. The van der Waals surface area contributed by atoms with Crippen molar-refractivity contribution in [2.24, 2.45) is 17.2 Å². The number of primary amides is 2. The smallest absolute Gasteiger partial charge is 0.326 e. The van der Waals surface area contributed by atoms with Crippen LogP contribution < -0.4 is 27.8 Å². The van der Waals surface area contributed by atoms with Gasteiger partial charge in [0, 0.05) is 19.4 Å². The molecule has 1 saturated heterocycles. The number of rotatable bonds is 13. The van der Waals surface area contributed by atoms with Crippen LogP contribution in [0.2, 0.25) is 0 Å². The van der Waals surface area contributed by atoms with Gasteiger partial charge in [-0.05, 0) is 37.0 Å². The molecule has 0 aliphatic carbocycles. The number of carboxylic acids is 1. The van der Waals surface area contributed by atoms with Gasteiger partial charge in [0.15, 0.2) is 0 Å². The molecule has 4 atom stereocenters. The quantitative estimate of drug-likeness (QED) is 0.144. The lowest BCUT2D eigenvalue weighted by Crippen LogP contribution is -2.57. The zero-order chi connectivity index (χ0) is 27.7. The van der Waals surface area contributed by atoms with Crippen molar-refractivity contribution in [3.8, 4) is 5.75 Å². The molecule has 0 bridgehead atoms. The molecule has 0 aromatic heterocycles. The van der Waals surface area contributed by atoms with Crippen LogP contribution in [-0.4, -0.2) is 81.3 Å². The molecular weight excluding hydrogens is 488 g/mol. The van der Waals surface area contributed by atoms with E-state index in [4.69, 9.17) is 17.2 Å². The SMILES string of the molecule is NC(=O)CCC(N)C(=O)NC(Cc1ccc(O)cc1)C(=O)N1CCCC1C(=O)NC(CC(N)=O)C(=O)O. The minimum absolute atomic E-state index is 0.00232. The second-order valence-electron chi connectivity index (χ2n) is 8.80. The van der Waals surface area contributed by atoms with E-state index in [1.54, 1.807) is 12.1 Å². The van der Waals surface area contributed by atoms with Crippen LogP contribution in [0.5, 0.6) is 5.75 Å². The van der Waals surface area contributed by atoms with E-state index in [1.165, 1.54) is 17.0 Å².